The van der Waals surface area contributed by atoms with Gasteiger partial charge < -0.3 is 15.5 Å². The van der Waals surface area contributed by atoms with Crippen molar-refractivity contribution in [1.82, 2.24) is 5.32 Å². The molecule has 0 aromatic carbocycles. The van der Waals surface area contributed by atoms with Crippen molar-refractivity contribution in [3.05, 3.63) is 24.2 Å². The van der Waals surface area contributed by atoms with Crippen LogP contribution in [0, 0.1) is 0 Å². The maximum absolute atomic E-state index is 10.2. The lowest BCUT2D eigenvalue weighted by Crippen LogP contribution is -2.08. The van der Waals surface area contributed by atoms with E-state index in [9.17, 15) is 4.79 Å². The van der Waals surface area contributed by atoms with Crippen LogP contribution in [-0.2, 0) is 0 Å². The van der Waals surface area contributed by atoms with E-state index in [0.29, 0.717) is 0 Å². The fourth-order valence-corrected chi connectivity index (χ4v) is 1.50. The van der Waals surface area contributed by atoms with Gasteiger partial charge in [-0.15, -0.1) is 11.8 Å². The summed E-state index contributed by atoms with van der Waals surface area (Å²) in [5.74, 6) is 2.14. The molecule has 13 heavy (non-hydrogen) atoms. The van der Waals surface area contributed by atoms with E-state index in [1.54, 1.807) is 6.07 Å². The van der Waals surface area contributed by atoms with Crippen LogP contribution in [0.25, 0.3) is 0 Å². The molecule has 1 aromatic rings. The van der Waals surface area contributed by atoms with Crippen LogP contribution in [0.4, 0.5) is 0 Å². The van der Waals surface area contributed by atoms with E-state index in [0.717, 1.165) is 0 Å². The van der Waals surface area contributed by atoms with Crippen molar-refractivity contribution >= 4 is 17.7 Å². The van der Waals surface area contributed by atoms with Gasteiger partial charge in [-0.3, -0.25) is 4.79 Å². The minimum absolute atomic E-state index is 0.199. The van der Waals surface area contributed by atoms with Crippen LogP contribution < -0.4 is 11.1 Å². The van der Waals surface area contributed by atoms with Gasteiger partial charge in [-0.05, 0) is 12.1 Å². The smallest absolute Gasteiger partial charge is 0.284 e. The molecule has 0 unspecified atom stereocenters. The molecule has 0 spiro atoms. The quantitative estimate of drug-likeness (QED) is 0.698. The Bertz CT molecular complexity index is 237. The highest BCUT2D eigenvalue weighted by Crippen LogP contribution is 1.99. The number of carbonyl (C=O) groups excluding carboxylic acids is 1. The topological polar surface area (TPSA) is 68.3 Å². The zero-order valence-electron chi connectivity index (χ0n) is 7.16. The molecule has 0 aliphatic carbocycles. The fourth-order valence-electron chi connectivity index (χ4n) is 0.780. The minimum atomic E-state index is -0.532. The van der Waals surface area contributed by atoms with Gasteiger partial charge in [-0.25, -0.2) is 0 Å². The van der Waals surface area contributed by atoms with Crippen molar-refractivity contribution in [3.8, 4) is 0 Å². The molecule has 0 atom stereocenters. The molecule has 1 saturated heterocycles. The Morgan fingerprint density at radius 1 is 1.69 bits per heavy atom. The number of carbonyl (C=O) groups is 1. The normalized spacial score (nSPS) is 14.8. The van der Waals surface area contributed by atoms with Gasteiger partial charge in [0.1, 0.15) is 0 Å². The van der Waals surface area contributed by atoms with Gasteiger partial charge in [0.05, 0.1) is 6.26 Å². The van der Waals surface area contributed by atoms with Crippen LogP contribution in [0.3, 0.4) is 0 Å². The number of nitrogens with one attached hydrogen (secondary N) is 1. The van der Waals surface area contributed by atoms with E-state index in [2.05, 4.69) is 9.73 Å². The molecule has 4 nitrogen and oxygen atoms in total. The third kappa shape index (κ3) is 4.00. The van der Waals surface area contributed by atoms with Crippen molar-refractivity contribution in [2.24, 2.45) is 5.73 Å². The second-order valence-corrected chi connectivity index (χ2v) is 3.50. The predicted octanol–water partition coefficient (Wildman–Crippen LogP) is 0.659. The number of furan rings is 1. The van der Waals surface area contributed by atoms with Crippen molar-refractivity contribution < 1.29 is 9.21 Å². The summed E-state index contributed by atoms with van der Waals surface area (Å²) >= 11 is 1.96. The first-order valence-electron chi connectivity index (χ1n) is 3.92. The van der Waals surface area contributed by atoms with E-state index in [-0.39, 0.29) is 5.76 Å². The number of primary amides is 1. The summed E-state index contributed by atoms with van der Waals surface area (Å²) in [5, 5.41) is 3.19. The van der Waals surface area contributed by atoms with Gasteiger partial charge in [0, 0.05) is 18.2 Å². The van der Waals surface area contributed by atoms with Gasteiger partial charge in [0.25, 0.3) is 5.91 Å². The summed E-state index contributed by atoms with van der Waals surface area (Å²) in [6.45, 7) is 1.21. The highest BCUT2D eigenvalue weighted by atomic mass is 32.2. The molecular formula is C8H12N2O2S. The van der Waals surface area contributed by atoms with E-state index < -0.39 is 5.91 Å². The van der Waals surface area contributed by atoms with Crippen molar-refractivity contribution in [2.75, 3.05) is 18.2 Å². The van der Waals surface area contributed by atoms with Crippen LogP contribution >= 0.6 is 11.8 Å². The van der Waals surface area contributed by atoms with Crippen LogP contribution in [0.15, 0.2) is 22.8 Å². The molecule has 2 rings (SSSR count). The molecule has 0 bridgehead atoms. The van der Waals surface area contributed by atoms with Gasteiger partial charge in [-0.1, -0.05) is 0 Å². The number of hydrogen-bond acceptors (Lipinski definition) is 4. The Morgan fingerprint density at radius 2 is 2.54 bits per heavy atom. The summed E-state index contributed by atoms with van der Waals surface area (Å²) in [7, 11) is 0. The molecule has 5 heteroatoms. The molecule has 3 N–H and O–H groups in total. The molecule has 1 aliphatic rings. The summed E-state index contributed by atoms with van der Waals surface area (Å²) in [5.41, 5.74) is 4.83. The zero-order chi connectivity index (χ0) is 9.52. The Kier molecular flexibility index (Phi) is 4.42. The summed E-state index contributed by atoms with van der Waals surface area (Å²) in [4.78, 5) is 10.2. The second kappa shape index (κ2) is 5.66. The van der Waals surface area contributed by atoms with Crippen molar-refractivity contribution in [2.45, 2.75) is 0 Å². The molecule has 1 aliphatic heterocycles. The lowest BCUT2D eigenvalue weighted by Gasteiger charge is -1.80. The van der Waals surface area contributed by atoms with Gasteiger partial charge in [-0.2, -0.15) is 0 Å². The van der Waals surface area contributed by atoms with Crippen LogP contribution in [0.2, 0.25) is 0 Å². The minimum Gasteiger partial charge on any atom is -0.459 e. The first kappa shape index (κ1) is 10.1. The fraction of sp³-hybridized carbons (Fsp3) is 0.375. The summed E-state index contributed by atoms with van der Waals surface area (Å²) < 4.78 is 4.62. The number of rotatable bonds is 1. The molecular weight excluding hydrogens is 188 g/mol. The lowest BCUT2D eigenvalue weighted by molar-refractivity contribution is 0.0974. The van der Waals surface area contributed by atoms with Crippen LogP contribution in [-0.4, -0.2) is 24.1 Å². The van der Waals surface area contributed by atoms with E-state index in [4.69, 9.17) is 5.73 Å². The number of hydrogen-bond donors (Lipinski definition) is 2. The molecule has 0 saturated carbocycles. The van der Waals surface area contributed by atoms with E-state index in [1.807, 2.05) is 11.8 Å². The average molecular weight is 200 g/mol. The molecule has 2 heterocycles. The highest BCUT2D eigenvalue weighted by Gasteiger charge is 1.98. The highest BCUT2D eigenvalue weighted by molar-refractivity contribution is 7.99. The van der Waals surface area contributed by atoms with Gasteiger partial charge in [0.15, 0.2) is 5.76 Å². The number of thioether (sulfide) groups is 1. The summed E-state index contributed by atoms with van der Waals surface area (Å²) in [6.07, 6.45) is 1.40. The Hall–Kier alpha value is -0.940. The van der Waals surface area contributed by atoms with Crippen molar-refractivity contribution in [3.63, 3.8) is 0 Å². The Labute approximate surface area is 80.9 Å². The largest absolute Gasteiger partial charge is 0.459 e. The molecule has 1 aromatic heterocycles. The first-order chi connectivity index (χ1) is 6.30. The zero-order valence-corrected chi connectivity index (χ0v) is 7.97. The third-order valence-electron chi connectivity index (χ3n) is 1.39. The number of nitrogens with two attached hydrogens (primary N) is 1. The van der Waals surface area contributed by atoms with Crippen LogP contribution in [0.1, 0.15) is 10.6 Å². The predicted molar refractivity (Wildman–Crippen MR) is 52.6 cm³/mol. The van der Waals surface area contributed by atoms with Gasteiger partial charge in [0.2, 0.25) is 0 Å². The lowest BCUT2D eigenvalue weighted by atomic mass is 10.4. The Balaban J connectivity index is 0.000000145. The molecule has 1 fully saturated rings. The van der Waals surface area contributed by atoms with Gasteiger partial charge >= 0.3 is 0 Å². The van der Waals surface area contributed by atoms with Crippen LogP contribution in [0.5, 0.6) is 0 Å². The standard InChI is InChI=1S/C5H5NO2.C3H7NS/c6-5(7)4-2-1-3-8-4;1-2-5-3-4-1/h1-3H,(H2,6,7);4H,1-3H2. The van der Waals surface area contributed by atoms with E-state index in [1.165, 1.54) is 30.5 Å². The first-order valence-corrected chi connectivity index (χ1v) is 5.08. The number of amides is 1. The molecule has 72 valence electrons. The average Bonchev–Trinajstić information content (AvgIpc) is 2.82. The third-order valence-corrected chi connectivity index (χ3v) is 2.29. The molecule has 0 radical (unpaired) electrons. The maximum atomic E-state index is 10.2. The summed E-state index contributed by atoms with van der Waals surface area (Å²) in [6, 6.07) is 3.13. The van der Waals surface area contributed by atoms with E-state index >= 15 is 0 Å². The molecule has 1 amide bonds. The second-order valence-electron chi connectivity index (χ2n) is 2.39. The Morgan fingerprint density at radius 3 is 2.77 bits per heavy atom. The maximum Gasteiger partial charge on any atom is 0.284 e. The monoisotopic (exact) mass is 200 g/mol. The van der Waals surface area contributed by atoms with Crippen molar-refractivity contribution in [1.29, 1.82) is 0 Å². The SMILES string of the molecule is C1CSCN1.NC(=O)c1ccco1.